The van der Waals surface area contributed by atoms with Gasteiger partial charge in [0.05, 0.1) is 0 Å². The lowest BCUT2D eigenvalue weighted by Gasteiger charge is -2.20. The van der Waals surface area contributed by atoms with Gasteiger partial charge in [-0.25, -0.2) is 4.39 Å². The zero-order chi connectivity index (χ0) is 20.5. The van der Waals surface area contributed by atoms with E-state index in [1.54, 1.807) is 12.1 Å². The Kier molecular flexibility index (Phi) is 8.07. The van der Waals surface area contributed by atoms with Gasteiger partial charge in [-0.1, -0.05) is 19.9 Å². The molecular weight excluding hydrogens is 361 g/mol. The Morgan fingerprint density at radius 3 is 2.39 bits per heavy atom. The molecule has 0 saturated carbocycles. The van der Waals surface area contributed by atoms with Gasteiger partial charge >= 0.3 is 0 Å². The van der Waals surface area contributed by atoms with Crippen LogP contribution in [0.15, 0.2) is 53.5 Å². The third kappa shape index (κ3) is 5.60. The topological polar surface area (TPSA) is 71.4 Å². The van der Waals surface area contributed by atoms with Crippen molar-refractivity contribution in [2.75, 3.05) is 26.2 Å². The maximum Gasteiger partial charge on any atom is 0.251 e. The van der Waals surface area contributed by atoms with E-state index in [-0.39, 0.29) is 5.56 Å². The average Bonchev–Trinajstić information content (AvgIpc) is 2.70. The Bertz CT molecular complexity index is 844. The Morgan fingerprint density at radius 2 is 1.79 bits per heavy atom. The molecule has 1 N–H and O–H groups in total. The summed E-state index contributed by atoms with van der Waals surface area (Å²) in [6.07, 6.45) is 2.14. The Hall–Kier alpha value is -2.80. The van der Waals surface area contributed by atoms with Crippen molar-refractivity contribution in [2.24, 2.45) is 0 Å². The zero-order valence-electron chi connectivity index (χ0n) is 16.2. The van der Waals surface area contributed by atoms with Crippen LogP contribution in [0, 0.1) is 5.82 Å². The molecule has 7 heteroatoms. The van der Waals surface area contributed by atoms with Gasteiger partial charge in [0, 0.05) is 24.4 Å². The summed E-state index contributed by atoms with van der Waals surface area (Å²) < 4.78 is 14.3. The Labute approximate surface area is 164 Å². The van der Waals surface area contributed by atoms with E-state index in [1.165, 1.54) is 24.4 Å². The second-order valence-corrected chi connectivity index (χ2v) is 6.39. The molecule has 28 heavy (non-hydrogen) atoms. The lowest BCUT2D eigenvalue weighted by Crippen LogP contribution is -2.42. The zero-order valence-corrected chi connectivity index (χ0v) is 16.2. The van der Waals surface area contributed by atoms with Crippen molar-refractivity contribution in [1.82, 2.24) is 14.8 Å². The number of carbonyl (C=O) groups excluding carboxylic acids is 2. The van der Waals surface area contributed by atoms with Crippen molar-refractivity contribution in [1.29, 1.82) is 0 Å². The number of halogens is 1. The molecular formula is C21H26FN3O3. The van der Waals surface area contributed by atoms with Gasteiger partial charge in [-0.05, 0) is 56.4 Å². The van der Waals surface area contributed by atoms with Crippen molar-refractivity contribution in [3.05, 3.63) is 70.4 Å². The molecule has 0 spiro atoms. The van der Waals surface area contributed by atoms with Crippen LogP contribution in [0.2, 0.25) is 0 Å². The second kappa shape index (κ2) is 10.5. The molecule has 0 bridgehead atoms. The molecule has 0 aliphatic rings. The van der Waals surface area contributed by atoms with E-state index in [4.69, 9.17) is 0 Å². The molecule has 0 aliphatic heterocycles. The van der Waals surface area contributed by atoms with E-state index < -0.39 is 29.1 Å². The molecule has 2 rings (SSSR count). The van der Waals surface area contributed by atoms with Gasteiger partial charge in [0.2, 0.25) is 0 Å². The molecule has 0 aliphatic carbocycles. The number of carbonyl (C=O) groups is 2. The fourth-order valence-corrected chi connectivity index (χ4v) is 2.95. The minimum atomic E-state index is -1.34. The van der Waals surface area contributed by atoms with Crippen LogP contribution in [0.5, 0.6) is 0 Å². The van der Waals surface area contributed by atoms with Crippen LogP contribution in [0.1, 0.15) is 36.7 Å². The lowest BCUT2D eigenvalue weighted by atomic mass is 10.0. The SMILES string of the molecule is CCN(CC)CCCNC(=O)C(C(=O)c1ccc(F)cc1)n1ccccc1=O. The number of ketones is 1. The van der Waals surface area contributed by atoms with Crippen molar-refractivity contribution in [3.8, 4) is 0 Å². The van der Waals surface area contributed by atoms with E-state index in [1.807, 2.05) is 0 Å². The standard InChI is InChI=1S/C21H26FN3O3/c1-3-24(4-2)14-7-13-23-21(28)19(25-15-6-5-8-18(25)26)20(27)16-9-11-17(22)12-10-16/h5-6,8-12,15,19H,3-4,7,13-14H2,1-2H3,(H,23,28). The van der Waals surface area contributed by atoms with Crippen LogP contribution in [0.4, 0.5) is 4.39 Å². The number of pyridine rings is 1. The molecule has 1 atom stereocenters. The summed E-state index contributed by atoms with van der Waals surface area (Å²) in [6, 6.07) is 8.00. The van der Waals surface area contributed by atoms with Gasteiger partial charge in [0.1, 0.15) is 5.82 Å². The Morgan fingerprint density at radius 1 is 1.11 bits per heavy atom. The largest absolute Gasteiger partial charge is 0.354 e. The molecule has 1 amide bonds. The maximum absolute atomic E-state index is 13.2. The van der Waals surface area contributed by atoms with Crippen LogP contribution >= 0.6 is 0 Å². The average molecular weight is 387 g/mol. The van der Waals surface area contributed by atoms with Gasteiger partial charge in [0.15, 0.2) is 11.8 Å². The normalized spacial score (nSPS) is 12.0. The quantitative estimate of drug-likeness (QED) is 0.386. The van der Waals surface area contributed by atoms with E-state index >= 15 is 0 Å². The molecule has 1 heterocycles. The molecule has 1 aromatic carbocycles. The highest BCUT2D eigenvalue weighted by Crippen LogP contribution is 2.14. The summed E-state index contributed by atoms with van der Waals surface area (Å²) >= 11 is 0. The fraction of sp³-hybridized carbons (Fsp3) is 0.381. The van der Waals surface area contributed by atoms with E-state index in [2.05, 4.69) is 24.1 Å². The van der Waals surface area contributed by atoms with Crippen LogP contribution in [-0.2, 0) is 4.79 Å². The maximum atomic E-state index is 13.2. The Balaban J connectivity index is 2.18. The number of aromatic nitrogens is 1. The van der Waals surface area contributed by atoms with Crippen molar-refractivity contribution >= 4 is 11.7 Å². The first-order valence-corrected chi connectivity index (χ1v) is 9.45. The molecule has 0 fully saturated rings. The second-order valence-electron chi connectivity index (χ2n) is 6.39. The highest BCUT2D eigenvalue weighted by Gasteiger charge is 2.29. The monoisotopic (exact) mass is 387 g/mol. The molecule has 150 valence electrons. The van der Waals surface area contributed by atoms with Crippen LogP contribution < -0.4 is 10.9 Å². The predicted molar refractivity (Wildman–Crippen MR) is 106 cm³/mol. The summed E-state index contributed by atoms with van der Waals surface area (Å²) in [5, 5.41) is 2.75. The fourth-order valence-electron chi connectivity index (χ4n) is 2.95. The third-order valence-electron chi connectivity index (χ3n) is 4.60. The molecule has 6 nitrogen and oxygen atoms in total. The smallest absolute Gasteiger partial charge is 0.251 e. The highest BCUT2D eigenvalue weighted by molar-refractivity contribution is 6.11. The van der Waals surface area contributed by atoms with Gasteiger partial charge in [0.25, 0.3) is 11.5 Å². The summed E-state index contributed by atoms with van der Waals surface area (Å²) in [4.78, 5) is 40.2. The summed E-state index contributed by atoms with van der Waals surface area (Å²) in [6.45, 7) is 7.22. The van der Waals surface area contributed by atoms with Gasteiger partial charge in [-0.15, -0.1) is 0 Å². The number of hydrogen-bond donors (Lipinski definition) is 1. The number of rotatable bonds is 10. The van der Waals surface area contributed by atoms with Crippen molar-refractivity contribution in [3.63, 3.8) is 0 Å². The lowest BCUT2D eigenvalue weighted by molar-refractivity contribution is -0.123. The minimum Gasteiger partial charge on any atom is -0.354 e. The number of Topliss-reactive ketones (excluding diaryl/α,β-unsaturated/α-hetero) is 1. The number of nitrogens with zero attached hydrogens (tertiary/aromatic N) is 2. The number of hydrogen-bond acceptors (Lipinski definition) is 4. The van der Waals surface area contributed by atoms with Crippen LogP contribution in [-0.4, -0.2) is 47.3 Å². The first-order valence-electron chi connectivity index (χ1n) is 9.45. The van der Waals surface area contributed by atoms with Gasteiger partial charge in [-0.2, -0.15) is 0 Å². The van der Waals surface area contributed by atoms with Crippen LogP contribution in [0.25, 0.3) is 0 Å². The van der Waals surface area contributed by atoms with Crippen LogP contribution in [0.3, 0.4) is 0 Å². The summed E-state index contributed by atoms with van der Waals surface area (Å²) in [7, 11) is 0. The third-order valence-corrected chi connectivity index (χ3v) is 4.60. The molecule has 2 aromatic rings. The predicted octanol–water partition coefficient (Wildman–Crippen LogP) is 2.26. The molecule has 1 aromatic heterocycles. The van der Waals surface area contributed by atoms with Crippen molar-refractivity contribution in [2.45, 2.75) is 26.3 Å². The summed E-state index contributed by atoms with van der Waals surface area (Å²) in [5.74, 6) is -1.59. The molecule has 1 unspecified atom stereocenters. The van der Waals surface area contributed by atoms with E-state index in [0.29, 0.717) is 6.54 Å². The minimum absolute atomic E-state index is 0.167. The molecule has 0 saturated heterocycles. The summed E-state index contributed by atoms with van der Waals surface area (Å²) in [5.41, 5.74) is -0.290. The first-order chi connectivity index (χ1) is 13.5. The van der Waals surface area contributed by atoms with Gasteiger partial charge in [-0.3, -0.25) is 19.0 Å². The van der Waals surface area contributed by atoms with E-state index in [9.17, 15) is 18.8 Å². The highest BCUT2D eigenvalue weighted by atomic mass is 19.1. The number of amides is 1. The molecule has 0 radical (unpaired) electrons. The number of nitrogens with one attached hydrogen (secondary N) is 1. The van der Waals surface area contributed by atoms with Crippen molar-refractivity contribution < 1.29 is 14.0 Å². The van der Waals surface area contributed by atoms with E-state index in [0.717, 1.165) is 42.8 Å². The number of benzene rings is 1. The van der Waals surface area contributed by atoms with Gasteiger partial charge < -0.3 is 10.2 Å². The first kappa shape index (κ1) is 21.5.